The van der Waals surface area contributed by atoms with Crippen LogP contribution in [0.3, 0.4) is 0 Å². The summed E-state index contributed by atoms with van der Waals surface area (Å²) in [5, 5.41) is 13.0. The average molecular weight is 320 g/mol. The molecule has 2 aromatic carbocycles. The Morgan fingerprint density at radius 2 is 1.84 bits per heavy atom. The number of benzene rings is 2. The van der Waals surface area contributed by atoms with Crippen molar-refractivity contribution in [3.63, 3.8) is 0 Å². The minimum atomic E-state index is -0.194. The van der Waals surface area contributed by atoms with E-state index in [9.17, 15) is 9.90 Å². The second-order valence-electron chi connectivity index (χ2n) is 4.19. The van der Waals surface area contributed by atoms with E-state index < -0.39 is 0 Å². The van der Waals surface area contributed by atoms with Crippen LogP contribution >= 0.6 is 15.9 Å². The SMILES string of the molecule is O=C(NCc1cccc(CBr)c1)c1cccc(O)c1. The van der Waals surface area contributed by atoms with Crippen molar-refractivity contribution >= 4 is 21.8 Å². The molecular weight excluding hydrogens is 306 g/mol. The molecule has 2 rings (SSSR count). The van der Waals surface area contributed by atoms with Gasteiger partial charge in [0.2, 0.25) is 0 Å². The Balaban J connectivity index is 2.00. The maximum Gasteiger partial charge on any atom is 0.251 e. The van der Waals surface area contributed by atoms with Gasteiger partial charge >= 0.3 is 0 Å². The van der Waals surface area contributed by atoms with Crippen LogP contribution in [0.15, 0.2) is 48.5 Å². The molecule has 0 heterocycles. The third kappa shape index (κ3) is 3.83. The van der Waals surface area contributed by atoms with Crippen molar-refractivity contribution in [1.29, 1.82) is 0 Å². The van der Waals surface area contributed by atoms with Crippen molar-refractivity contribution < 1.29 is 9.90 Å². The van der Waals surface area contributed by atoms with E-state index in [0.717, 1.165) is 10.9 Å². The summed E-state index contributed by atoms with van der Waals surface area (Å²) >= 11 is 3.40. The Kier molecular flexibility index (Phi) is 4.58. The molecule has 0 aliphatic heterocycles. The quantitative estimate of drug-likeness (QED) is 0.850. The van der Waals surface area contributed by atoms with Gasteiger partial charge in [-0.05, 0) is 29.3 Å². The number of alkyl halides is 1. The van der Waals surface area contributed by atoms with Crippen LogP contribution in [0.2, 0.25) is 0 Å². The first-order valence-corrected chi connectivity index (χ1v) is 7.02. The van der Waals surface area contributed by atoms with Gasteiger partial charge < -0.3 is 10.4 Å². The molecule has 0 saturated heterocycles. The van der Waals surface area contributed by atoms with E-state index in [1.54, 1.807) is 12.1 Å². The Morgan fingerprint density at radius 1 is 1.11 bits per heavy atom. The van der Waals surface area contributed by atoms with Gasteiger partial charge in [0.05, 0.1) is 0 Å². The van der Waals surface area contributed by atoms with Gasteiger partial charge in [0.25, 0.3) is 5.91 Å². The lowest BCUT2D eigenvalue weighted by molar-refractivity contribution is 0.0950. The van der Waals surface area contributed by atoms with Crippen molar-refractivity contribution in [2.75, 3.05) is 0 Å². The summed E-state index contributed by atoms with van der Waals surface area (Å²) in [6.07, 6.45) is 0. The Morgan fingerprint density at radius 3 is 2.58 bits per heavy atom. The molecule has 0 bridgehead atoms. The number of phenols is 1. The smallest absolute Gasteiger partial charge is 0.251 e. The average Bonchev–Trinajstić information content (AvgIpc) is 2.45. The van der Waals surface area contributed by atoms with Crippen molar-refractivity contribution in [1.82, 2.24) is 5.32 Å². The molecule has 0 aromatic heterocycles. The molecule has 1 amide bonds. The number of phenolic OH excluding ortho intramolecular Hbond substituents is 1. The standard InChI is InChI=1S/C15H14BrNO2/c16-9-11-3-1-4-12(7-11)10-17-15(19)13-5-2-6-14(18)8-13/h1-8,18H,9-10H2,(H,17,19). The molecule has 19 heavy (non-hydrogen) atoms. The van der Waals surface area contributed by atoms with Crippen LogP contribution < -0.4 is 5.32 Å². The molecule has 2 aromatic rings. The van der Waals surface area contributed by atoms with Crippen LogP contribution in [0.25, 0.3) is 0 Å². The predicted octanol–water partition coefficient (Wildman–Crippen LogP) is 3.22. The van der Waals surface area contributed by atoms with Gasteiger partial charge in [-0.2, -0.15) is 0 Å². The van der Waals surface area contributed by atoms with E-state index >= 15 is 0 Å². The van der Waals surface area contributed by atoms with Gasteiger partial charge in [0.1, 0.15) is 5.75 Å². The second-order valence-corrected chi connectivity index (χ2v) is 4.75. The minimum Gasteiger partial charge on any atom is -0.508 e. The van der Waals surface area contributed by atoms with Gasteiger partial charge in [-0.25, -0.2) is 0 Å². The highest BCUT2D eigenvalue weighted by Crippen LogP contribution is 2.12. The van der Waals surface area contributed by atoms with E-state index in [2.05, 4.69) is 21.2 Å². The van der Waals surface area contributed by atoms with Crippen LogP contribution in [0.4, 0.5) is 0 Å². The van der Waals surface area contributed by atoms with Gasteiger partial charge in [0, 0.05) is 17.4 Å². The molecular formula is C15H14BrNO2. The Hall–Kier alpha value is -1.81. The maximum absolute atomic E-state index is 11.9. The summed E-state index contributed by atoms with van der Waals surface area (Å²) in [6.45, 7) is 0.468. The summed E-state index contributed by atoms with van der Waals surface area (Å²) in [5.41, 5.74) is 2.67. The van der Waals surface area contributed by atoms with E-state index in [-0.39, 0.29) is 11.7 Å². The topological polar surface area (TPSA) is 49.3 Å². The van der Waals surface area contributed by atoms with Crippen molar-refractivity contribution in [3.8, 4) is 5.75 Å². The fraction of sp³-hybridized carbons (Fsp3) is 0.133. The normalized spacial score (nSPS) is 10.2. The van der Waals surface area contributed by atoms with Crippen molar-refractivity contribution in [3.05, 3.63) is 65.2 Å². The molecule has 0 spiro atoms. The van der Waals surface area contributed by atoms with Gasteiger partial charge in [-0.1, -0.05) is 46.3 Å². The van der Waals surface area contributed by atoms with E-state index in [4.69, 9.17) is 0 Å². The number of hydrogen-bond donors (Lipinski definition) is 2. The minimum absolute atomic E-state index is 0.0916. The first-order chi connectivity index (χ1) is 9.19. The number of nitrogens with one attached hydrogen (secondary N) is 1. The lowest BCUT2D eigenvalue weighted by atomic mass is 10.1. The van der Waals surface area contributed by atoms with Crippen LogP contribution in [0, 0.1) is 0 Å². The zero-order valence-electron chi connectivity index (χ0n) is 10.3. The zero-order valence-corrected chi connectivity index (χ0v) is 11.9. The monoisotopic (exact) mass is 319 g/mol. The fourth-order valence-electron chi connectivity index (χ4n) is 1.75. The van der Waals surface area contributed by atoms with Crippen LogP contribution in [0.5, 0.6) is 5.75 Å². The predicted molar refractivity (Wildman–Crippen MR) is 78.4 cm³/mol. The molecule has 0 radical (unpaired) electrons. The number of amides is 1. The van der Waals surface area contributed by atoms with Crippen molar-refractivity contribution in [2.24, 2.45) is 0 Å². The highest BCUT2D eigenvalue weighted by Gasteiger charge is 2.05. The lowest BCUT2D eigenvalue weighted by Gasteiger charge is -2.07. The molecule has 0 unspecified atom stereocenters. The summed E-state index contributed by atoms with van der Waals surface area (Å²) in [5.74, 6) is -0.103. The summed E-state index contributed by atoms with van der Waals surface area (Å²) in [7, 11) is 0. The third-order valence-electron chi connectivity index (χ3n) is 2.71. The molecule has 3 nitrogen and oxygen atoms in total. The Labute approximate surface area is 120 Å². The van der Waals surface area contributed by atoms with Crippen LogP contribution in [-0.2, 0) is 11.9 Å². The van der Waals surface area contributed by atoms with Gasteiger partial charge in [0.15, 0.2) is 0 Å². The molecule has 4 heteroatoms. The molecule has 0 aliphatic carbocycles. The van der Waals surface area contributed by atoms with E-state index in [0.29, 0.717) is 12.1 Å². The number of halogens is 1. The summed E-state index contributed by atoms with van der Waals surface area (Å²) < 4.78 is 0. The summed E-state index contributed by atoms with van der Waals surface area (Å²) in [6, 6.07) is 14.3. The first kappa shape index (κ1) is 13.6. The van der Waals surface area contributed by atoms with E-state index in [1.165, 1.54) is 17.7 Å². The Bertz CT molecular complexity index is 584. The van der Waals surface area contributed by atoms with Crippen LogP contribution in [0.1, 0.15) is 21.5 Å². The third-order valence-corrected chi connectivity index (χ3v) is 3.35. The largest absolute Gasteiger partial charge is 0.508 e. The number of rotatable bonds is 4. The van der Waals surface area contributed by atoms with Crippen LogP contribution in [-0.4, -0.2) is 11.0 Å². The summed E-state index contributed by atoms with van der Waals surface area (Å²) in [4.78, 5) is 11.9. The molecule has 0 fully saturated rings. The van der Waals surface area contributed by atoms with Gasteiger partial charge in [-0.15, -0.1) is 0 Å². The first-order valence-electron chi connectivity index (χ1n) is 5.90. The fourth-order valence-corrected chi connectivity index (χ4v) is 2.10. The number of aromatic hydroxyl groups is 1. The highest BCUT2D eigenvalue weighted by atomic mass is 79.9. The highest BCUT2D eigenvalue weighted by molar-refractivity contribution is 9.08. The molecule has 98 valence electrons. The van der Waals surface area contributed by atoms with Crippen molar-refractivity contribution in [2.45, 2.75) is 11.9 Å². The lowest BCUT2D eigenvalue weighted by Crippen LogP contribution is -2.22. The zero-order chi connectivity index (χ0) is 13.7. The maximum atomic E-state index is 11.9. The number of hydrogen-bond acceptors (Lipinski definition) is 2. The second kappa shape index (κ2) is 6.38. The molecule has 0 atom stereocenters. The van der Waals surface area contributed by atoms with E-state index in [1.807, 2.05) is 24.3 Å². The number of carbonyl (C=O) groups is 1. The molecule has 0 aliphatic rings. The number of carbonyl (C=O) groups excluding carboxylic acids is 1. The molecule has 2 N–H and O–H groups in total. The van der Waals surface area contributed by atoms with Gasteiger partial charge in [-0.3, -0.25) is 4.79 Å². The molecule has 0 saturated carbocycles.